The Hall–Kier alpha value is -3.59. The van der Waals surface area contributed by atoms with Gasteiger partial charge in [0.05, 0.1) is 5.69 Å². The summed E-state index contributed by atoms with van der Waals surface area (Å²) in [7, 11) is 0. The van der Waals surface area contributed by atoms with E-state index >= 15 is 0 Å². The lowest BCUT2D eigenvalue weighted by Crippen LogP contribution is -2.39. The van der Waals surface area contributed by atoms with Crippen LogP contribution in [-0.2, 0) is 16.1 Å². The number of nitrogens with zero attached hydrogens (tertiary/aromatic N) is 6. The molecule has 1 fully saturated rings. The first-order valence-electron chi connectivity index (χ1n) is 9.63. The third-order valence-electron chi connectivity index (χ3n) is 5.45. The summed E-state index contributed by atoms with van der Waals surface area (Å²) in [6, 6.07) is 10.7. The molecule has 3 heterocycles. The highest BCUT2D eigenvalue weighted by Gasteiger charge is 2.55. The van der Waals surface area contributed by atoms with Gasteiger partial charge >= 0.3 is 0 Å². The molecule has 0 aliphatic carbocycles. The van der Waals surface area contributed by atoms with Crippen molar-refractivity contribution >= 4 is 29.1 Å². The molecule has 31 heavy (non-hydrogen) atoms. The molecule has 5 rings (SSSR count). The number of rotatable bonds is 4. The van der Waals surface area contributed by atoms with Crippen molar-refractivity contribution in [1.82, 2.24) is 15.1 Å². The van der Waals surface area contributed by atoms with Crippen LogP contribution < -0.4 is 4.90 Å². The van der Waals surface area contributed by atoms with Crippen LogP contribution in [0.25, 0.3) is 11.4 Å². The molecular formula is C21H17ClN6O3. The molecule has 0 bridgehead atoms. The zero-order chi connectivity index (χ0) is 21.7. The normalized spacial score (nSPS) is 20.1. The molecule has 10 heteroatoms. The van der Waals surface area contributed by atoms with E-state index < -0.39 is 23.9 Å². The molecule has 3 aromatic rings. The summed E-state index contributed by atoms with van der Waals surface area (Å²) in [5.41, 5.74) is 3.53. The fourth-order valence-electron chi connectivity index (χ4n) is 3.68. The molecule has 2 aromatic carbocycles. The van der Waals surface area contributed by atoms with Crippen molar-refractivity contribution < 1.29 is 14.1 Å². The summed E-state index contributed by atoms with van der Waals surface area (Å²) >= 11 is 6.02. The van der Waals surface area contributed by atoms with E-state index in [2.05, 4.69) is 20.5 Å². The molecule has 0 saturated carbocycles. The molecule has 0 radical (unpaired) electrons. The highest BCUT2D eigenvalue weighted by Crippen LogP contribution is 2.33. The lowest BCUT2D eigenvalue weighted by Gasteiger charge is -2.19. The number of fused-ring (bicyclic) bond motifs is 1. The summed E-state index contributed by atoms with van der Waals surface area (Å²) in [6.45, 7) is 4.10. The second-order valence-corrected chi connectivity index (χ2v) is 7.93. The van der Waals surface area contributed by atoms with Crippen LogP contribution in [0.3, 0.4) is 0 Å². The highest BCUT2D eigenvalue weighted by atomic mass is 35.5. The first-order valence-corrected chi connectivity index (χ1v) is 10.0. The average Bonchev–Trinajstić information content (AvgIpc) is 3.43. The predicted octanol–water partition coefficient (Wildman–Crippen LogP) is 3.50. The number of hydrogen-bond donors (Lipinski definition) is 0. The van der Waals surface area contributed by atoms with Gasteiger partial charge in [0, 0.05) is 10.6 Å². The summed E-state index contributed by atoms with van der Waals surface area (Å²) in [4.78, 5) is 31.3. The number of carbonyl (C=O) groups excluding carboxylic acids is 2. The third kappa shape index (κ3) is 3.27. The van der Waals surface area contributed by atoms with Crippen molar-refractivity contribution in [3.05, 3.63) is 64.5 Å². The van der Waals surface area contributed by atoms with Crippen molar-refractivity contribution in [2.45, 2.75) is 32.5 Å². The van der Waals surface area contributed by atoms with Gasteiger partial charge in [-0.25, -0.2) is 4.90 Å². The molecule has 156 valence electrons. The molecule has 0 N–H and O–H groups in total. The van der Waals surface area contributed by atoms with Gasteiger partial charge < -0.3 is 4.52 Å². The van der Waals surface area contributed by atoms with Crippen molar-refractivity contribution in [2.75, 3.05) is 4.90 Å². The number of aryl methyl sites for hydroxylation is 2. The lowest BCUT2D eigenvalue weighted by atomic mass is 10.1. The highest BCUT2D eigenvalue weighted by molar-refractivity contribution is 6.31. The van der Waals surface area contributed by atoms with Crippen molar-refractivity contribution in [3.8, 4) is 11.4 Å². The number of amides is 2. The first kappa shape index (κ1) is 19.4. The summed E-state index contributed by atoms with van der Waals surface area (Å²) in [5.74, 6) is -0.143. The quantitative estimate of drug-likeness (QED) is 0.580. The van der Waals surface area contributed by atoms with Gasteiger partial charge in [0.2, 0.25) is 11.7 Å². The Labute approximate surface area is 182 Å². The standard InChI is InChI=1S/C21H17ClN6O3/c1-11-6-7-13(8-12(11)2)19-23-16(31-25-19)10-27-18-17(24-26-27)20(29)28(21(18)30)15-5-3-4-14(22)9-15/h3-9,17-18H,10H2,1-2H3/t17-,18-/m0/s1. The van der Waals surface area contributed by atoms with Crippen LogP contribution >= 0.6 is 11.6 Å². The molecule has 0 spiro atoms. The van der Waals surface area contributed by atoms with E-state index in [1.807, 2.05) is 32.0 Å². The van der Waals surface area contributed by atoms with Gasteiger partial charge in [0.15, 0.2) is 12.1 Å². The minimum atomic E-state index is -0.909. The van der Waals surface area contributed by atoms with E-state index in [4.69, 9.17) is 16.1 Å². The van der Waals surface area contributed by atoms with Crippen molar-refractivity contribution in [3.63, 3.8) is 0 Å². The molecular weight excluding hydrogens is 420 g/mol. The molecule has 1 saturated heterocycles. The van der Waals surface area contributed by atoms with Gasteiger partial charge in [-0.3, -0.25) is 14.6 Å². The van der Waals surface area contributed by atoms with Crippen LogP contribution in [0, 0.1) is 13.8 Å². The van der Waals surface area contributed by atoms with E-state index in [0.717, 1.165) is 16.0 Å². The van der Waals surface area contributed by atoms with Gasteiger partial charge in [-0.1, -0.05) is 40.2 Å². The number of anilines is 1. The van der Waals surface area contributed by atoms with Crippen molar-refractivity contribution in [1.29, 1.82) is 0 Å². The lowest BCUT2D eigenvalue weighted by molar-refractivity contribution is -0.123. The van der Waals surface area contributed by atoms with Crippen molar-refractivity contribution in [2.24, 2.45) is 10.3 Å². The maximum absolute atomic E-state index is 13.0. The van der Waals surface area contributed by atoms with Crippen LogP contribution in [0.5, 0.6) is 0 Å². The first-order chi connectivity index (χ1) is 14.9. The van der Waals surface area contributed by atoms with Crippen LogP contribution in [0.2, 0.25) is 5.02 Å². The van der Waals surface area contributed by atoms with Crippen LogP contribution in [0.15, 0.2) is 57.3 Å². The summed E-state index contributed by atoms with van der Waals surface area (Å²) in [5, 5.41) is 13.9. The van der Waals surface area contributed by atoms with Crippen LogP contribution in [-0.4, -0.2) is 39.0 Å². The Bertz CT molecular complexity index is 1240. The maximum Gasteiger partial charge on any atom is 0.263 e. The number of halogens is 1. The molecule has 2 amide bonds. The number of aromatic nitrogens is 2. The molecule has 2 aliphatic heterocycles. The Balaban J connectivity index is 1.37. The Kier molecular flexibility index (Phi) is 4.55. The number of carbonyl (C=O) groups is 2. The Morgan fingerprint density at radius 2 is 1.90 bits per heavy atom. The number of imide groups is 1. The molecule has 2 atom stereocenters. The van der Waals surface area contributed by atoms with Crippen LogP contribution in [0.4, 0.5) is 5.69 Å². The largest absolute Gasteiger partial charge is 0.337 e. The zero-order valence-corrected chi connectivity index (χ0v) is 17.4. The van der Waals surface area contributed by atoms with E-state index in [9.17, 15) is 9.59 Å². The maximum atomic E-state index is 13.0. The average molecular weight is 437 g/mol. The SMILES string of the molecule is Cc1ccc(-c2noc(CN3N=N[C@@H]4C(=O)N(c5cccc(Cl)c5)C(=O)[C@H]43)n2)cc1C. The third-order valence-corrected chi connectivity index (χ3v) is 5.69. The summed E-state index contributed by atoms with van der Waals surface area (Å²) in [6.07, 6.45) is 0. The zero-order valence-electron chi connectivity index (χ0n) is 16.7. The topological polar surface area (TPSA) is 104 Å². The second-order valence-electron chi connectivity index (χ2n) is 7.49. The molecule has 2 aliphatic rings. The van der Waals surface area contributed by atoms with E-state index in [1.165, 1.54) is 10.6 Å². The van der Waals surface area contributed by atoms with Gasteiger partial charge in [-0.05, 0) is 49.2 Å². The number of hydrogen-bond acceptors (Lipinski definition) is 8. The fourth-order valence-corrected chi connectivity index (χ4v) is 3.86. The van der Waals surface area contributed by atoms with E-state index in [1.54, 1.807) is 24.3 Å². The fraction of sp³-hybridized carbons (Fsp3) is 0.238. The number of benzene rings is 2. The van der Waals surface area contributed by atoms with Gasteiger partial charge in [-0.15, -0.1) is 0 Å². The molecule has 0 unspecified atom stereocenters. The molecule has 9 nitrogen and oxygen atoms in total. The molecule has 1 aromatic heterocycles. The summed E-state index contributed by atoms with van der Waals surface area (Å²) < 4.78 is 5.36. The Morgan fingerprint density at radius 3 is 2.68 bits per heavy atom. The predicted molar refractivity (Wildman–Crippen MR) is 111 cm³/mol. The monoisotopic (exact) mass is 436 g/mol. The van der Waals surface area contributed by atoms with Gasteiger partial charge in [0.25, 0.3) is 11.8 Å². The van der Waals surface area contributed by atoms with E-state index in [0.29, 0.717) is 16.5 Å². The minimum absolute atomic E-state index is 0.0604. The smallest absolute Gasteiger partial charge is 0.263 e. The van der Waals surface area contributed by atoms with Crippen LogP contribution in [0.1, 0.15) is 17.0 Å². The van der Waals surface area contributed by atoms with E-state index in [-0.39, 0.29) is 12.4 Å². The van der Waals surface area contributed by atoms with Gasteiger partial charge in [-0.2, -0.15) is 10.1 Å². The van der Waals surface area contributed by atoms with Gasteiger partial charge in [0.1, 0.15) is 6.54 Å². The second kappa shape index (κ2) is 7.28. The minimum Gasteiger partial charge on any atom is -0.337 e. The Morgan fingerprint density at radius 1 is 1.06 bits per heavy atom.